The summed E-state index contributed by atoms with van der Waals surface area (Å²) in [5.41, 5.74) is -0.430. The molecule has 0 amide bonds. The van der Waals surface area contributed by atoms with Crippen LogP contribution < -0.4 is 10.6 Å². The molecule has 2 rings (SSSR count). The minimum atomic E-state index is -4.36. The Kier molecular flexibility index (Phi) is 10.5. The van der Waals surface area contributed by atoms with Gasteiger partial charge >= 0.3 is 6.18 Å². The van der Waals surface area contributed by atoms with E-state index >= 15 is 0 Å². The number of benzene rings is 1. The summed E-state index contributed by atoms with van der Waals surface area (Å²) in [6.45, 7) is 5.21. The highest BCUT2D eigenvalue weighted by atomic mass is 127. The lowest BCUT2D eigenvalue weighted by molar-refractivity contribution is -0.137. The molecule has 0 aliphatic carbocycles. The average Bonchev–Trinajstić information content (AvgIpc) is 2.66. The highest BCUT2D eigenvalue weighted by Gasteiger charge is 2.37. The zero-order valence-corrected chi connectivity index (χ0v) is 18.6. The zero-order chi connectivity index (χ0) is 19.8. The number of hydrogen-bond acceptors (Lipinski definition) is 3. The van der Waals surface area contributed by atoms with Gasteiger partial charge in [-0.25, -0.2) is 0 Å². The van der Waals surface area contributed by atoms with Crippen molar-refractivity contribution in [1.29, 1.82) is 0 Å². The average molecular weight is 515 g/mol. The van der Waals surface area contributed by atoms with E-state index in [1.165, 1.54) is 12.1 Å². The van der Waals surface area contributed by atoms with Crippen LogP contribution in [0.1, 0.15) is 30.9 Å². The van der Waals surface area contributed by atoms with Gasteiger partial charge in [-0.1, -0.05) is 18.2 Å². The maximum Gasteiger partial charge on any atom is 0.416 e. The first kappa shape index (κ1) is 25.0. The number of aliphatic imine (C=N–C) groups is 1. The van der Waals surface area contributed by atoms with E-state index in [0.29, 0.717) is 63.8 Å². The molecule has 28 heavy (non-hydrogen) atoms. The Morgan fingerprint density at radius 1 is 1.25 bits per heavy atom. The molecular weight excluding hydrogens is 486 g/mol. The van der Waals surface area contributed by atoms with Crippen LogP contribution in [0.15, 0.2) is 29.3 Å². The minimum absolute atomic E-state index is 0. The molecule has 1 aliphatic rings. The fourth-order valence-electron chi connectivity index (χ4n) is 3.17. The van der Waals surface area contributed by atoms with E-state index in [0.717, 1.165) is 6.07 Å². The predicted molar refractivity (Wildman–Crippen MR) is 114 cm³/mol. The van der Waals surface area contributed by atoms with E-state index in [1.54, 1.807) is 13.2 Å². The molecule has 1 heterocycles. The van der Waals surface area contributed by atoms with Crippen molar-refractivity contribution < 1.29 is 22.6 Å². The highest BCUT2D eigenvalue weighted by Crippen LogP contribution is 2.38. The predicted octanol–water partition coefficient (Wildman–Crippen LogP) is 3.57. The third kappa shape index (κ3) is 7.07. The molecule has 0 spiro atoms. The van der Waals surface area contributed by atoms with Crippen molar-refractivity contribution in [3.8, 4) is 0 Å². The van der Waals surface area contributed by atoms with Gasteiger partial charge in [-0.2, -0.15) is 13.2 Å². The lowest BCUT2D eigenvalue weighted by Gasteiger charge is -2.37. The normalized spacial score (nSPS) is 17.0. The van der Waals surface area contributed by atoms with E-state index in [2.05, 4.69) is 15.6 Å². The van der Waals surface area contributed by atoms with Crippen LogP contribution in [0.2, 0.25) is 0 Å². The third-order valence-electron chi connectivity index (χ3n) is 4.73. The van der Waals surface area contributed by atoms with Crippen molar-refractivity contribution >= 4 is 29.9 Å². The zero-order valence-electron chi connectivity index (χ0n) is 16.3. The number of ether oxygens (including phenoxy) is 2. The Morgan fingerprint density at radius 3 is 2.57 bits per heavy atom. The van der Waals surface area contributed by atoms with Crippen LogP contribution in [0.25, 0.3) is 0 Å². The van der Waals surface area contributed by atoms with Crippen molar-refractivity contribution in [2.45, 2.75) is 31.4 Å². The van der Waals surface area contributed by atoms with Gasteiger partial charge in [0.25, 0.3) is 0 Å². The Hall–Kier alpha value is -1.07. The van der Waals surface area contributed by atoms with E-state index in [4.69, 9.17) is 9.47 Å². The van der Waals surface area contributed by atoms with E-state index in [1.807, 2.05) is 6.92 Å². The van der Waals surface area contributed by atoms with E-state index in [-0.39, 0.29) is 24.0 Å². The number of methoxy groups -OCH3 is 1. The number of rotatable bonds is 7. The van der Waals surface area contributed by atoms with Gasteiger partial charge < -0.3 is 20.1 Å². The number of nitrogens with zero attached hydrogens (tertiary/aromatic N) is 1. The summed E-state index contributed by atoms with van der Waals surface area (Å²) in [6, 6.07) is 5.60. The summed E-state index contributed by atoms with van der Waals surface area (Å²) >= 11 is 0. The van der Waals surface area contributed by atoms with Crippen LogP contribution >= 0.6 is 24.0 Å². The first-order chi connectivity index (χ1) is 12.9. The smallest absolute Gasteiger partial charge is 0.383 e. The molecular formula is C19H29F3IN3O2. The second kappa shape index (κ2) is 11.8. The Bertz CT molecular complexity index is 621. The first-order valence-corrected chi connectivity index (χ1v) is 9.18. The Morgan fingerprint density at radius 2 is 1.96 bits per heavy atom. The van der Waals surface area contributed by atoms with Crippen molar-refractivity contribution in [3.05, 3.63) is 35.4 Å². The summed E-state index contributed by atoms with van der Waals surface area (Å²) in [6.07, 6.45) is -3.09. The van der Waals surface area contributed by atoms with Crippen LogP contribution in [-0.4, -0.2) is 52.5 Å². The number of guanidine groups is 1. The van der Waals surface area contributed by atoms with Crippen molar-refractivity contribution in [2.75, 3.05) is 46.6 Å². The van der Waals surface area contributed by atoms with Crippen molar-refractivity contribution in [2.24, 2.45) is 4.99 Å². The van der Waals surface area contributed by atoms with Crippen molar-refractivity contribution in [3.63, 3.8) is 0 Å². The number of halogens is 4. The molecule has 1 fully saturated rings. The molecule has 0 aromatic heterocycles. The molecule has 160 valence electrons. The van der Waals surface area contributed by atoms with Gasteiger partial charge in [-0.05, 0) is 31.4 Å². The molecule has 0 saturated carbocycles. The summed E-state index contributed by atoms with van der Waals surface area (Å²) in [4.78, 5) is 4.65. The lowest BCUT2D eigenvalue weighted by Crippen LogP contribution is -2.42. The molecule has 9 heteroatoms. The fourth-order valence-corrected chi connectivity index (χ4v) is 3.17. The Labute approximate surface area is 181 Å². The summed E-state index contributed by atoms with van der Waals surface area (Å²) in [5.74, 6) is 0.632. The van der Waals surface area contributed by atoms with Gasteiger partial charge in [-0.15, -0.1) is 24.0 Å². The largest absolute Gasteiger partial charge is 0.416 e. The number of alkyl halides is 3. The third-order valence-corrected chi connectivity index (χ3v) is 4.73. The molecule has 0 bridgehead atoms. The molecule has 0 radical (unpaired) electrons. The minimum Gasteiger partial charge on any atom is -0.383 e. The molecule has 2 N–H and O–H groups in total. The first-order valence-electron chi connectivity index (χ1n) is 9.18. The second-order valence-corrected chi connectivity index (χ2v) is 6.59. The Balaban J connectivity index is 0.00000392. The van der Waals surface area contributed by atoms with Crippen LogP contribution in [0.5, 0.6) is 0 Å². The lowest BCUT2D eigenvalue weighted by atomic mass is 9.74. The van der Waals surface area contributed by atoms with Gasteiger partial charge in [-0.3, -0.25) is 4.99 Å². The molecule has 0 unspecified atom stereocenters. The van der Waals surface area contributed by atoms with Gasteiger partial charge in [0.2, 0.25) is 0 Å². The number of hydrogen-bond donors (Lipinski definition) is 2. The maximum atomic E-state index is 13.2. The van der Waals surface area contributed by atoms with Gasteiger partial charge in [0, 0.05) is 38.8 Å². The number of nitrogens with one attached hydrogen (secondary N) is 2. The van der Waals surface area contributed by atoms with Gasteiger partial charge in [0.15, 0.2) is 5.96 Å². The molecule has 1 aliphatic heterocycles. The summed E-state index contributed by atoms with van der Waals surface area (Å²) in [7, 11) is 1.62. The summed E-state index contributed by atoms with van der Waals surface area (Å²) < 4.78 is 50.0. The van der Waals surface area contributed by atoms with Crippen LogP contribution in [0, 0.1) is 0 Å². The summed E-state index contributed by atoms with van der Waals surface area (Å²) in [5, 5.41) is 6.33. The molecule has 1 saturated heterocycles. The van der Waals surface area contributed by atoms with Gasteiger partial charge in [0.1, 0.15) is 0 Å². The fraction of sp³-hybridized carbons (Fsp3) is 0.632. The molecule has 5 nitrogen and oxygen atoms in total. The van der Waals surface area contributed by atoms with Crippen LogP contribution in [0.3, 0.4) is 0 Å². The van der Waals surface area contributed by atoms with E-state index < -0.39 is 17.2 Å². The monoisotopic (exact) mass is 515 g/mol. The quantitative estimate of drug-likeness (QED) is 0.253. The topological polar surface area (TPSA) is 54.9 Å². The molecule has 1 aromatic carbocycles. The SMILES string of the molecule is CCNC(=NCC1(c2cccc(C(F)(F)F)c2)CCOCC1)NCCOC.I. The molecule has 0 atom stereocenters. The van der Waals surface area contributed by atoms with Crippen LogP contribution in [0.4, 0.5) is 13.2 Å². The standard InChI is InChI=1S/C19H28F3N3O2.HI/c1-3-23-17(24-9-12-26-2)25-14-18(7-10-27-11-8-18)15-5-4-6-16(13-15)19(20,21)22;/h4-6,13H,3,7-12,14H2,1-2H3,(H2,23,24,25);1H. The van der Waals surface area contributed by atoms with Gasteiger partial charge in [0.05, 0.1) is 18.7 Å². The van der Waals surface area contributed by atoms with Crippen molar-refractivity contribution in [1.82, 2.24) is 10.6 Å². The second-order valence-electron chi connectivity index (χ2n) is 6.59. The van der Waals surface area contributed by atoms with Crippen LogP contribution in [-0.2, 0) is 21.1 Å². The highest BCUT2D eigenvalue weighted by molar-refractivity contribution is 14.0. The van der Waals surface area contributed by atoms with E-state index in [9.17, 15) is 13.2 Å². The molecule has 1 aromatic rings. The maximum absolute atomic E-state index is 13.2.